The van der Waals surface area contributed by atoms with E-state index in [4.69, 9.17) is 14.2 Å². The van der Waals surface area contributed by atoms with Crippen molar-refractivity contribution >= 4 is 11.8 Å². The van der Waals surface area contributed by atoms with E-state index < -0.39 is 12.0 Å². The van der Waals surface area contributed by atoms with Crippen LogP contribution in [0.4, 0.5) is 0 Å². The third-order valence-electron chi connectivity index (χ3n) is 5.44. The van der Waals surface area contributed by atoms with Crippen LogP contribution in [0.1, 0.15) is 23.6 Å². The van der Waals surface area contributed by atoms with E-state index in [1.165, 1.54) is 14.2 Å². The monoisotopic (exact) mass is 413 g/mol. The normalized spacial score (nSPS) is 18.3. The predicted molar refractivity (Wildman–Crippen MR) is 111 cm³/mol. The first-order valence-electron chi connectivity index (χ1n) is 9.73. The number of benzene rings is 1. The topological polar surface area (TPSA) is 90.0 Å². The fraction of sp³-hybridized carbons (Fsp3) is 0.409. The van der Waals surface area contributed by atoms with Gasteiger partial charge >= 0.3 is 0 Å². The molecule has 0 unspecified atom stereocenters. The van der Waals surface area contributed by atoms with Crippen molar-refractivity contribution in [3.8, 4) is 17.2 Å². The molecule has 1 N–H and O–H groups in total. The molecule has 0 bridgehead atoms. The zero-order chi connectivity index (χ0) is 21.7. The molecule has 2 aromatic rings. The van der Waals surface area contributed by atoms with Crippen LogP contribution in [0.2, 0.25) is 0 Å². The number of carbonyl (C=O) groups is 2. The van der Waals surface area contributed by atoms with E-state index in [0.29, 0.717) is 35.8 Å². The summed E-state index contributed by atoms with van der Waals surface area (Å²) in [7, 11) is 6.30. The van der Waals surface area contributed by atoms with Crippen molar-refractivity contribution < 1.29 is 23.8 Å². The maximum atomic E-state index is 13.0. The highest BCUT2D eigenvalue weighted by Gasteiger charge is 2.44. The summed E-state index contributed by atoms with van der Waals surface area (Å²) in [5, 5.41) is 2.97. The third kappa shape index (κ3) is 4.17. The van der Waals surface area contributed by atoms with E-state index in [0.717, 1.165) is 5.56 Å². The van der Waals surface area contributed by atoms with Crippen LogP contribution >= 0.6 is 0 Å². The standard InChI is InChI=1S/C22H27N3O5/c1-25-18(26)13-16(22(27)24-12-9-14-7-10-23-11-8-14)19(25)15-5-6-17(28-2)21(30-4)20(15)29-3/h5-8,10-11,16,19H,9,12-13H2,1-4H3,(H,24,27)/t16-,19-/m1/s1. The second-order valence-corrected chi connectivity index (χ2v) is 7.08. The van der Waals surface area contributed by atoms with Gasteiger partial charge in [-0.15, -0.1) is 0 Å². The number of hydrogen-bond acceptors (Lipinski definition) is 6. The van der Waals surface area contributed by atoms with Crippen molar-refractivity contribution in [1.29, 1.82) is 0 Å². The summed E-state index contributed by atoms with van der Waals surface area (Å²) in [5.74, 6) is 0.616. The molecule has 2 heterocycles. The molecule has 1 aromatic carbocycles. The van der Waals surface area contributed by atoms with Crippen molar-refractivity contribution in [2.24, 2.45) is 5.92 Å². The second kappa shape index (κ2) is 9.47. The van der Waals surface area contributed by atoms with Crippen molar-refractivity contribution in [3.05, 3.63) is 47.8 Å². The van der Waals surface area contributed by atoms with E-state index in [2.05, 4.69) is 10.3 Å². The van der Waals surface area contributed by atoms with Crippen LogP contribution in [0.25, 0.3) is 0 Å². The summed E-state index contributed by atoms with van der Waals surface area (Å²) in [5.41, 5.74) is 1.79. The number of aromatic nitrogens is 1. The summed E-state index contributed by atoms with van der Waals surface area (Å²) in [6.07, 6.45) is 4.27. The molecule has 1 aromatic heterocycles. The molecule has 30 heavy (non-hydrogen) atoms. The molecule has 1 saturated heterocycles. The summed E-state index contributed by atoms with van der Waals surface area (Å²) in [4.78, 5) is 31.1. The first-order chi connectivity index (χ1) is 14.5. The van der Waals surface area contributed by atoms with Crippen molar-refractivity contribution in [2.45, 2.75) is 18.9 Å². The van der Waals surface area contributed by atoms with Gasteiger partial charge < -0.3 is 24.4 Å². The maximum Gasteiger partial charge on any atom is 0.226 e. The fourth-order valence-corrected chi connectivity index (χ4v) is 3.90. The quantitative estimate of drug-likeness (QED) is 0.712. The summed E-state index contributed by atoms with van der Waals surface area (Å²) >= 11 is 0. The molecule has 160 valence electrons. The van der Waals surface area contributed by atoms with Gasteiger partial charge in [-0.25, -0.2) is 0 Å². The maximum absolute atomic E-state index is 13.0. The van der Waals surface area contributed by atoms with Gasteiger partial charge in [-0.05, 0) is 36.2 Å². The zero-order valence-corrected chi connectivity index (χ0v) is 17.7. The largest absolute Gasteiger partial charge is 0.493 e. The lowest BCUT2D eigenvalue weighted by Crippen LogP contribution is -2.35. The first-order valence-corrected chi connectivity index (χ1v) is 9.73. The number of carbonyl (C=O) groups excluding carboxylic acids is 2. The van der Waals surface area contributed by atoms with Gasteiger partial charge in [0.15, 0.2) is 11.5 Å². The molecule has 1 aliphatic heterocycles. The van der Waals surface area contributed by atoms with Crippen LogP contribution in [0.3, 0.4) is 0 Å². The molecular weight excluding hydrogens is 386 g/mol. The Kier molecular flexibility index (Phi) is 6.76. The van der Waals surface area contributed by atoms with Crippen LogP contribution in [-0.2, 0) is 16.0 Å². The Hall–Kier alpha value is -3.29. The molecule has 8 nitrogen and oxygen atoms in total. The van der Waals surface area contributed by atoms with Crippen LogP contribution < -0.4 is 19.5 Å². The molecule has 0 radical (unpaired) electrons. The van der Waals surface area contributed by atoms with E-state index in [1.54, 1.807) is 37.5 Å². The van der Waals surface area contributed by atoms with Crippen LogP contribution in [0.15, 0.2) is 36.7 Å². The first kappa shape index (κ1) is 21.4. The molecule has 1 aliphatic rings. The second-order valence-electron chi connectivity index (χ2n) is 7.08. The Balaban J connectivity index is 1.83. The minimum absolute atomic E-state index is 0.0916. The van der Waals surface area contributed by atoms with E-state index in [-0.39, 0.29) is 18.2 Å². The zero-order valence-electron chi connectivity index (χ0n) is 17.7. The van der Waals surface area contributed by atoms with Gasteiger partial charge in [0.1, 0.15) is 0 Å². The van der Waals surface area contributed by atoms with Crippen molar-refractivity contribution in [3.63, 3.8) is 0 Å². The molecular formula is C22H27N3O5. The number of rotatable bonds is 8. The number of ether oxygens (including phenoxy) is 3. The lowest BCUT2D eigenvalue weighted by Gasteiger charge is -2.27. The van der Waals surface area contributed by atoms with Crippen LogP contribution in [-0.4, -0.2) is 56.6 Å². The van der Waals surface area contributed by atoms with E-state index in [9.17, 15) is 9.59 Å². The van der Waals surface area contributed by atoms with Crippen LogP contribution in [0, 0.1) is 5.92 Å². The molecule has 2 atom stereocenters. The lowest BCUT2D eigenvalue weighted by molar-refractivity contribution is -0.128. The van der Waals surface area contributed by atoms with E-state index >= 15 is 0 Å². The number of methoxy groups -OCH3 is 3. The Morgan fingerprint density at radius 1 is 1.10 bits per heavy atom. The minimum Gasteiger partial charge on any atom is -0.493 e. The number of nitrogens with zero attached hydrogens (tertiary/aromatic N) is 2. The van der Waals surface area contributed by atoms with Gasteiger partial charge in [0, 0.05) is 38.0 Å². The summed E-state index contributed by atoms with van der Waals surface area (Å²) < 4.78 is 16.4. The van der Waals surface area contributed by atoms with Crippen LogP contribution in [0.5, 0.6) is 17.2 Å². The molecule has 8 heteroatoms. The van der Waals surface area contributed by atoms with Gasteiger partial charge in [-0.1, -0.05) is 0 Å². The average Bonchev–Trinajstić information content (AvgIpc) is 3.07. The highest BCUT2D eigenvalue weighted by Crippen LogP contribution is 2.47. The highest BCUT2D eigenvalue weighted by atomic mass is 16.5. The predicted octanol–water partition coefficient (Wildman–Crippen LogP) is 1.99. The third-order valence-corrected chi connectivity index (χ3v) is 5.44. The Morgan fingerprint density at radius 2 is 1.80 bits per heavy atom. The molecule has 0 spiro atoms. The number of amides is 2. The van der Waals surface area contributed by atoms with Gasteiger partial charge in [0.05, 0.1) is 33.3 Å². The summed E-state index contributed by atoms with van der Waals surface area (Å²) in [6, 6.07) is 6.93. The molecule has 0 saturated carbocycles. The number of pyridine rings is 1. The van der Waals surface area contributed by atoms with Gasteiger partial charge in [0.25, 0.3) is 0 Å². The Morgan fingerprint density at radius 3 is 2.43 bits per heavy atom. The smallest absolute Gasteiger partial charge is 0.226 e. The van der Waals surface area contributed by atoms with Gasteiger partial charge in [-0.3, -0.25) is 14.6 Å². The summed E-state index contributed by atoms with van der Waals surface area (Å²) in [6.45, 7) is 0.479. The highest BCUT2D eigenvalue weighted by molar-refractivity contribution is 5.90. The Bertz CT molecular complexity index is 903. The Labute approximate surface area is 176 Å². The van der Waals surface area contributed by atoms with Gasteiger partial charge in [0.2, 0.25) is 17.6 Å². The van der Waals surface area contributed by atoms with E-state index in [1.807, 2.05) is 18.2 Å². The number of hydrogen-bond donors (Lipinski definition) is 1. The van der Waals surface area contributed by atoms with Crippen molar-refractivity contribution in [2.75, 3.05) is 34.9 Å². The van der Waals surface area contributed by atoms with Gasteiger partial charge in [-0.2, -0.15) is 0 Å². The number of nitrogens with one attached hydrogen (secondary N) is 1. The molecule has 1 fully saturated rings. The fourth-order valence-electron chi connectivity index (χ4n) is 3.90. The minimum atomic E-state index is -0.535. The number of likely N-dealkylation sites (tertiary alicyclic amines) is 1. The van der Waals surface area contributed by atoms with Crippen molar-refractivity contribution in [1.82, 2.24) is 15.2 Å². The molecule has 0 aliphatic carbocycles. The molecule has 2 amide bonds. The average molecular weight is 413 g/mol. The molecule has 3 rings (SSSR count). The lowest BCUT2D eigenvalue weighted by atomic mass is 9.91. The SMILES string of the molecule is COc1ccc([C@@H]2[C@H](C(=O)NCCc3ccncc3)CC(=O)N2C)c(OC)c1OC.